The molecule has 0 N–H and O–H groups in total. The lowest BCUT2D eigenvalue weighted by molar-refractivity contribution is 0.662. The lowest BCUT2D eigenvalue weighted by atomic mass is 9.77. The fourth-order valence-corrected chi connectivity index (χ4v) is 19.0. The van der Waals surface area contributed by atoms with Crippen molar-refractivity contribution in [1.82, 2.24) is 0 Å². The second-order valence-corrected chi connectivity index (χ2v) is 27.3. The molecule has 0 bridgehead atoms. The molecule has 59 heavy (non-hydrogen) atoms. The summed E-state index contributed by atoms with van der Waals surface area (Å²) in [5.74, 6) is 0. The number of fused-ring (bicyclic) bond motifs is 11. The molecule has 2 heterocycles. The van der Waals surface area contributed by atoms with E-state index in [0.717, 1.165) is 0 Å². The molecule has 0 radical (unpaired) electrons. The van der Waals surface area contributed by atoms with Crippen LogP contribution in [0.25, 0.3) is 88.3 Å². The van der Waals surface area contributed by atoms with Crippen LogP contribution >= 0.6 is 0 Å². The van der Waals surface area contributed by atoms with Crippen LogP contribution in [0.1, 0.15) is 25.0 Å². The quantitative estimate of drug-likeness (QED) is 0.124. The second kappa shape index (κ2) is 12.0. The van der Waals surface area contributed by atoms with E-state index < -0.39 is 16.1 Å². The number of rotatable bonds is 3. The van der Waals surface area contributed by atoms with Crippen molar-refractivity contribution in [1.29, 1.82) is 0 Å². The fourth-order valence-electron chi connectivity index (χ4n) is 12.1. The van der Waals surface area contributed by atoms with E-state index in [1.807, 2.05) is 0 Å². The van der Waals surface area contributed by atoms with Crippen molar-refractivity contribution in [2.75, 3.05) is 0 Å². The molecule has 0 saturated heterocycles. The van der Waals surface area contributed by atoms with Gasteiger partial charge in [0, 0.05) is 5.41 Å². The Kier molecular flexibility index (Phi) is 7.11. The van der Waals surface area contributed by atoms with E-state index in [-0.39, 0.29) is 5.41 Å². The Morgan fingerprint density at radius 2 is 0.695 bits per heavy atom. The van der Waals surface area contributed by atoms with Gasteiger partial charge in [-0.3, -0.25) is 0 Å². The number of hydrogen-bond acceptors (Lipinski definition) is 0. The molecular formula is C57H46Si2. The Hall–Kier alpha value is -6.07. The maximum Gasteiger partial charge on any atom is 0.114 e. The summed E-state index contributed by atoms with van der Waals surface area (Å²) < 4.78 is 0. The van der Waals surface area contributed by atoms with E-state index in [2.05, 4.69) is 210 Å². The zero-order chi connectivity index (χ0) is 40.0. The normalized spacial score (nSPS) is 15.7. The van der Waals surface area contributed by atoms with Crippen molar-refractivity contribution in [3.05, 3.63) is 181 Å². The van der Waals surface area contributed by atoms with Gasteiger partial charge in [-0.2, -0.15) is 0 Å². The van der Waals surface area contributed by atoms with Crippen molar-refractivity contribution >= 4 is 58.4 Å². The van der Waals surface area contributed by atoms with Gasteiger partial charge in [0.05, 0.1) is 0 Å². The van der Waals surface area contributed by atoms with Gasteiger partial charge in [0.1, 0.15) is 16.1 Å². The molecule has 3 aliphatic rings. The summed E-state index contributed by atoms with van der Waals surface area (Å²) in [5, 5.41) is 11.5. The van der Waals surface area contributed by atoms with E-state index in [0.29, 0.717) is 0 Å². The summed E-state index contributed by atoms with van der Waals surface area (Å²) in [7, 11) is -4.03. The lowest BCUT2D eigenvalue weighted by Crippen LogP contribution is -2.50. The van der Waals surface area contributed by atoms with Crippen LogP contribution in [0.3, 0.4) is 0 Å². The molecule has 9 aromatic rings. The predicted molar refractivity (Wildman–Crippen MR) is 260 cm³/mol. The van der Waals surface area contributed by atoms with Gasteiger partial charge < -0.3 is 0 Å². The molecule has 0 amide bonds. The molecule has 0 fully saturated rings. The van der Waals surface area contributed by atoms with Crippen molar-refractivity contribution in [3.63, 3.8) is 0 Å². The highest BCUT2D eigenvalue weighted by Gasteiger charge is 2.42. The third-order valence-electron chi connectivity index (χ3n) is 14.6. The van der Waals surface area contributed by atoms with Gasteiger partial charge >= 0.3 is 0 Å². The van der Waals surface area contributed by atoms with Crippen LogP contribution in [-0.4, -0.2) is 16.1 Å². The molecule has 0 atom stereocenters. The molecule has 9 aromatic carbocycles. The SMILES string of the molecule is CC1(C)c2ccccc2-c2cccc(-c3c4cccc(-c5cccc6c5[Si](C)(C)c5ccccc5-6)c4cc4c(-c5cccc6c5[Si](C)(C)c5ccccc5-6)cccc34)c21. The lowest BCUT2D eigenvalue weighted by Gasteiger charge is -2.27. The second-order valence-electron chi connectivity index (χ2n) is 18.7. The minimum atomic E-state index is -2.01. The number of benzene rings is 9. The summed E-state index contributed by atoms with van der Waals surface area (Å²) in [4.78, 5) is 0. The Labute approximate surface area is 349 Å². The van der Waals surface area contributed by atoms with Crippen molar-refractivity contribution in [2.24, 2.45) is 0 Å². The summed E-state index contributed by atoms with van der Waals surface area (Å²) in [6.45, 7) is 15.1. The topological polar surface area (TPSA) is 0 Å². The van der Waals surface area contributed by atoms with Gasteiger partial charge in [-0.15, -0.1) is 0 Å². The zero-order valence-electron chi connectivity index (χ0n) is 34.7. The van der Waals surface area contributed by atoms with Crippen molar-refractivity contribution in [2.45, 2.75) is 45.5 Å². The first-order chi connectivity index (χ1) is 28.6. The van der Waals surface area contributed by atoms with Gasteiger partial charge in [-0.05, 0) is 126 Å². The molecule has 0 aromatic heterocycles. The summed E-state index contributed by atoms with van der Waals surface area (Å²) >= 11 is 0. The van der Waals surface area contributed by atoms with Gasteiger partial charge in [0.15, 0.2) is 0 Å². The molecule has 2 heteroatoms. The molecule has 2 aliphatic heterocycles. The fraction of sp³-hybridized carbons (Fsp3) is 0.123. The van der Waals surface area contributed by atoms with E-state index in [1.54, 1.807) is 20.7 Å². The van der Waals surface area contributed by atoms with E-state index in [1.165, 1.54) is 99.4 Å². The minimum Gasteiger partial charge on any atom is -0.0623 e. The highest BCUT2D eigenvalue weighted by atomic mass is 28.3. The Balaban J connectivity index is 1.22. The van der Waals surface area contributed by atoms with Crippen molar-refractivity contribution in [3.8, 4) is 66.8 Å². The smallest absolute Gasteiger partial charge is 0.0623 e. The standard InChI is InChI=1S/C57H46Si2/c1-57(2)50-31-10-7-18-37(50)42-25-15-30-47(54(42)57)53-40-23-13-21-35(43-26-16-28-45-38-19-8-11-32-51(38)58(3,4)55(43)45)48(40)34-49-36(22-14-24-41(49)53)44-27-17-29-46-39-20-9-12-33-52(39)59(5,6)56(44)46/h7-34H,1-6H3. The van der Waals surface area contributed by atoms with Gasteiger partial charge in [0.2, 0.25) is 0 Å². The highest BCUT2D eigenvalue weighted by molar-refractivity contribution is 7.05. The van der Waals surface area contributed by atoms with E-state index in [4.69, 9.17) is 0 Å². The third-order valence-corrected chi connectivity index (χ3v) is 21.8. The largest absolute Gasteiger partial charge is 0.114 e. The van der Waals surface area contributed by atoms with Crippen LogP contribution in [-0.2, 0) is 5.41 Å². The Morgan fingerprint density at radius 3 is 1.22 bits per heavy atom. The average Bonchev–Trinajstić information content (AvgIpc) is 3.75. The minimum absolute atomic E-state index is 0.157. The summed E-state index contributed by atoms with van der Waals surface area (Å²) in [6.07, 6.45) is 0. The summed E-state index contributed by atoms with van der Waals surface area (Å²) in [5.41, 5.74) is 19.2. The van der Waals surface area contributed by atoms with Gasteiger partial charge in [0.25, 0.3) is 0 Å². The molecule has 0 unspecified atom stereocenters. The van der Waals surface area contributed by atoms with Crippen LogP contribution in [0.15, 0.2) is 170 Å². The molecule has 12 rings (SSSR count). The van der Waals surface area contributed by atoms with Crippen LogP contribution in [0.4, 0.5) is 0 Å². The van der Waals surface area contributed by atoms with E-state index in [9.17, 15) is 0 Å². The number of hydrogen-bond donors (Lipinski definition) is 0. The van der Waals surface area contributed by atoms with E-state index >= 15 is 0 Å². The monoisotopic (exact) mass is 786 g/mol. The average molecular weight is 787 g/mol. The third kappa shape index (κ3) is 4.54. The van der Waals surface area contributed by atoms with Gasteiger partial charge in [-0.1, -0.05) is 204 Å². The first-order valence-electron chi connectivity index (χ1n) is 21.3. The Morgan fingerprint density at radius 1 is 0.322 bits per heavy atom. The molecular weight excluding hydrogens is 741 g/mol. The van der Waals surface area contributed by atoms with Gasteiger partial charge in [-0.25, -0.2) is 0 Å². The molecule has 1 aliphatic carbocycles. The first kappa shape index (κ1) is 34.9. The van der Waals surface area contributed by atoms with Crippen LogP contribution < -0.4 is 20.7 Å². The van der Waals surface area contributed by atoms with Crippen LogP contribution in [0, 0.1) is 0 Å². The molecule has 282 valence electrons. The molecule has 0 spiro atoms. The molecule has 0 nitrogen and oxygen atoms in total. The predicted octanol–water partition coefficient (Wildman–Crippen LogP) is 12.9. The van der Waals surface area contributed by atoms with Crippen LogP contribution in [0.2, 0.25) is 26.2 Å². The highest BCUT2D eigenvalue weighted by Crippen LogP contribution is 2.54. The maximum absolute atomic E-state index is 2.58. The van der Waals surface area contributed by atoms with Crippen molar-refractivity contribution < 1.29 is 0 Å². The zero-order valence-corrected chi connectivity index (χ0v) is 36.7. The maximum atomic E-state index is 2.58. The Bertz CT molecular complexity index is 3140. The summed E-state index contributed by atoms with van der Waals surface area (Å²) in [6, 6.07) is 65.5. The molecule has 0 saturated carbocycles. The first-order valence-corrected chi connectivity index (χ1v) is 27.3. The van der Waals surface area contributed by atoms with Crippen LogP contribution in [0.5, 0.6) is 0 Å².